The third-order valence-corrected chi connectivity index (χ3v) is 18.1. The number of nitrogens with zero attached hydrogens (tertiary/aromatic N) is 4. The number of nitro groups is 4. The van der Waals surface area contributed by atoms with E-state index < -0.39 is 112 Å². The number of nitro benzene ring substituents is 4. The number of rotatable bonds is 17. The maximum absolute atomic E-state index is 14.4. The lowest BCUT2D eigenvalue weighted by Crippen LogP contribution is -2.66. The summed E-state index contributed by atoms with van der Waals surface area (Å²) in [6.07, 6.45) is -0.701. The van der Waals surface area contributed by atoms with Gasteiger partial charge < -0.3 is 18.9 Å². The van der Waals surface area contributed by atoms with Gasteiger partial charge in [0.2, 0.25) is 0 Å². The molecule has 0 spiro atoms. The number of hydrogen-bond donors (Lipinski definition) is 0. The van der Waals surface area contributed by atoms with Crippen molar-refractivity contribution in [3.8, 4) is 0 Å². The van der Waals surface area contributed by atoms with Gasteiger partial charge in [-0.05, 0) is 105 Å². The Hall–Kier alpha value is -8.23. The Bertz CT molecular complexity index is 3240. The van der Waals surface area contributed by atoms with Crippen LogP contribution in [0.2, 0.25) is 0 Å². The molecule has 3 saturated carbocycles. The van der Waals surface area contributed by atoms with Gasteiger partial charge in [-0.15, -0.1) is 0 Å². The normalized spacial score (nSPS) is 25.2. The average Bonchev–Trinajstić information content (AvgIpc) is 2.86. The quantitative estimate of drug-likeness (QED) is 0.0312. The number of allylic oxidation sites excluding steroid dienone is 1. The molecule has 4 aliphatic carbocycles. The third-order valence-electron chi connectivity index (χ3n) is 18.1. The summed E-state index contributed by atoms with van der Waals surface area (Å²) in [6.45, 7) is 15.2. The van der Waals surface area contributed by atoms with Crippen molar-refractivity contribution in [2.24, 2.45) is 39.4 Å². The first-order chi connectivity index (χ1) is 37.0. The molecule has 0 heterocycles. The van der Waals surface area contributed by atoms with E-state index in [0.29, 0.717) is 38.5 Å². The van der Waals surface area contributed by atoms with E-state index in [0.717, 1.165) is 35.4 Å². The van der Waals surface area contributed by atoms with Crippen LogP contribution in [-0.4, -0.2) is 73.3 Å². The number of Topliss-reactive ketones (excluding diaryl/α,β-unsaturated/α-hetero) is 1. The van der Waals surface area contributed by atoms with Gasteiger partial charge >= 0.3 is 23.9 Å². The summed E-state index contributed by atoms with van der Waals surface area (Å²) in [5.74, 6) is -4.87. The largest absolute Gasteiger partial charge is 0.458 e. The zero-order chi connectivity index (χ0) is 57.7. The molecule has 9 atom stereocenters. The van der Waals surface area contributed by atoms with Gasteiger partial charge in [0.15, 0.2) is 6.10 Å². The van der Waals surface area contributed by atoms with Crippen molar-refractivity contribution < 1.29 is 62.6 Å². The molecule has 4 aromatic rings. The molecule has 0 radical (unpaired) electrons. The van der Waals surface area contributed by atoms with Gasteiger partial charge in [0.25, 0.3) is 22.7 Å². The predicted octanol–water partition coefficient (Wildman–Crippen LogP) is 11.9. The maximum Gasteiger partial charge on any atom is 0.339 e. The van der Waals surface area contributed by atoms with Crippen LogP contribution in [0.1, 0.15) is 148 Å². The molecule has 0 aliphatic heterocycles. The molecule has 0 unspecified atom stereocenters. The molecule has 21 heteroatoms. The SMILES string of the molecule is C[C@H](C[C@H](OC(=O)c1cccc([N+](=O)[O-])c1)[C@@H](OC(=O)c1cccc([N+](=O)[O-])c1)C(C)(C)OC(=O)c1cccc([N+](=O)[O-])c1)C1=C2C[C@H](OC(=O)c3cccc([N+](=O)[O-])c3)[C@H]3[C@@]4(C)CCC(=O)C(C)(C)[C@@H]4CC[C@]3(C)[C@@]2(C)CC1. The molecule has 79 heavy (non-hydrogen) atoms. The van der Waals surface area contributed by atoms with E-state index in [1.54, 1.807) is 0 Å². The first-order valence-corrected chi connectivity index (χ1v) is 26.1. The minimum atomic E-state index is -1.99. The van der Waals surface area contributed by atoms with Crippen LogP contribution in [0.15, 0.2) is 108 Å². The fourth-order valence-corrected chi connectivity index (χ4v) is 14.1. The van der Waals surface area contributed by atoms with E-state index in [9.17, 15) is 64.4 Å². The summed E-state index contributed by atoms with van der Waals surface area (Å²) < 4.78 is 25.2. The van der Waals surface area contributed by atoms with Crippen LogP contribution in [0.4, 0.5) is 22.7 Å². The number of carbonyl (C=O) groups is 5. The lowest BCUT2D eigenvalue weighted by atomic mass is 9.36. The van der Waals surface area contributed by atoms with Crippen LogP contribution >= 0.6 is 0 Å². The summed E-state index contributed by atoms with van der Waals surface area (Å²) in [7, 11) is 0. The molecular weight excluding hydrogens is 1020 g/mol. The second kappa shape index (κ2) is 21.2. The second-order valence-corrected chi connectivity index (χ2v) is 23.3. The first-order valence-electron chi connectivity index (χ1n) is 26.1. The van der Waals surface area contributed by atoms with Crippen molar-refractivity contribution in [3.63, 3.8) is 0 Å². The Morgan fingerprint density at radius 1 is 0.633 bits per heavy atom. The highest BCUT2D eigenvalue weighted by atomic mass is 16.6. The molecular formula is C58H62N4O17. The number of esters is 4. The van der Waals surface area contributed by atoms with Crippen molar-refractivity contribution in [2.75, 3.05) is 0 Å². The topological polar surface area (TPSA) is 295 Å². The highest BCUT2D eigenvalue weighted by Gasteiger charge is 2.70. The van der Waals surface area contributed by atoms with Crippen LogP contribution in [0.25, 0.3) is 0 Å². The standard InChI is InChI=1S/C58H62N4O17/c1-33(42-21-25-57(7)43(42)32-44(76-50(64)34-13-9-17-38(28-34)59(68)69)48-56(6)24-23-47(63)54(2,3)46(56)22-26-58(48,57)8)27-45(77-51(65)35-14-10-18-39(29-35)60(70)71)49(78-52(66)36-15-11-19-40(30-36)61(72)73)55(4,5)79-53(67)37-16-12-20-41(31-37)62(74)75/h9-20,28-31,33,44-46,48-49H,21-27,32H2,1-8H3/t33-,44+,45+,46+,48+,49-,56+,57+,58+/m1/s1. The molecule has 21 nitrogen and oxygen atoms in total. The van der Waals surface area contributed by atoms with Gasteiger partial charge in [-0.2, -0.15) is 0 Å². The summed E-state index contributed by atoms with van der Waals surface area (Å²) in [5.41, 5.74) is -4.85. The van der Waals surface area contributed by atoms with E-state index in [-0.39, 0.29) is 58.4 Å². The van der Waals surface area contributed by atoms with E-state index in [4.69, 9.17) is 18.9 Å². The lowest BCUT2D eigenvalue weighted by Gasteiger charge is -2.69. The van der Waals surface area contributed by atoms with Crippen molar-refractivity contribution >= 4 is 52.4 Å². The minimum absolute atomic E-state index is 0.0113. The van der Waals surface area contributed by atoms with E-state index >= 15 is 0 Å². The third kappa shape index (κ3) is 10.6. The van der Waals surface area contributed by atoms with Crippen LogP contribution in [0, 0.1) is 79.9 Å². The number of benzene rings is 4. The van der Waals surface area contributed by atoms with Gasteiger partial charge in [-0.25, -0.2) is 19.2 Å². The van der Waals surface area contributed by atoms with Gasteiger partial charge in [0, 0.05) is 72.7 Å². The summed E-state index contributed by atoms with van der Waals surface area (Å²) in [6, 6.07) is 19.4. The number of fused-ring (bicyclic) bond motifs is 5. The van der Waals surface area contributed by atoms with Crippen LogP contribution in [-0.2, 0) is 23.7 Å². The average molecular weight is 1090 g/mol. The number of carbonyl (C=O) groups excluding carboxylic acids is 5. The minimum Gasteiger partial charge on any atom is -0.458 e. The number of ketones is 1. The fourth-order valence-electron chi connectivity index (χ4n) is 14.1. The fraction of sp³-hybridized carbons (Fsp3) is 0.466. The smallest absolute Gasteiger partial charge is 0.339 e. The van der Waals surface area contributed by atoms with Crippen molar-refractivity contribution in [2.45, 2.75) is 131 Å². The predicted molar refractivity (Wildman–Crippen MR) is 283 cm³/mol. The van der Waals surface area contributed by atoms with Crippen LogP contribution in [0.5, 0.6) is 0 Å². The molecule has 4 aliphatic rings. The number of non-ortho nitro benzene ring substituents is 4. The lowest BCUT2D eigenvalue weighted by molar-refractivity contribution is -0.385. The Balaban J connectivity index is 1.24. The van der Waals surface area contributed by atoms with Gasteiger partial charge in [-0.3, -0.25) is 45.3 Å². The van der Waals surface area contributed by atoms with E-state index in [1.165, 1.54) is 86.6 Å². The number of hydrogen-bond acceptors (Lipinski definition) is 17. The first kappa shape index (κ1) is 57.0. The highest BCUT2D eigenvalue weighted by molar-refractivity contribution is 5.93. The zero-order valence-electron chi connectivity index (χ0n) is 45.1. The van der Waals surface area contributed by atoms with Crippen LogP contribution in [0.3, 0.4) is 0 Å². The Morgan fingerprint density at radius 3 is 1.57 bits per heavy atom. The monoisotopic (exact) mass is 1090 g/mol. The molecule has 8 rings (SSSR count). The van der Waals surface area contributed by atoms with E-state index in [1.807, 2.05) is 20.8 Å². The summed E-state index contributed by atoms with van der Waals surface area (Å²) in [4.78, 5) is 116. The molecule has 4 aromatic carbocycles. The Morgan fingerprint density at radius 2 is 1.09 bits per heavy atom. The maximum atomic E-state index is 14.4. The van der Waals surface area contributed by atoms with Gasteiger partial charge in [-0.1, -0.05) is 77.0 Å². The molecule has 0 N–H and O–H groups in total. The molecule has 0 bridgehead atoms. The molecule has 3 fully saturated rings. The Kier molecular flexibility index (Phi) is 15.3. The van der Waals surface area contributed by atoms with Crippen molar-refractivity contribution in [3.05, 3.63) is 171 Å². The van der Waals surface area contributed by atoms with Crippen molar-refractivity contribution in [1.29, 1.82) is 0 Å². The highest BCUT2D eigenvalue weighted by Crippen LogP contribution is 2.74. The molecule has 416 valence electrons. The molecule has 0 amide bonds. The summed E-state index contributed by atoms with van der Waals surface area (Å²) >= 11 is 0. The Labute approximate surface area is 454 Å². The molecule has 0 saturated heterocycles. The second-order valence-electron chi connectivity index (χ2n) is 23.3. The molecule has 0 aromatic heterocycles. The summed E-state index contributed by atoms with van der Waals surface area (Å²) in [5, 5.41) is 47.3. The number of ether oxygens (including phenoxy) is 4. The van der Waals surface area contributed by atoms with Crippen LogP contribution < -0.4 is 0 Å². The zero-order valence-corrected chi connectivity index (χ0v) is 45.1. The van der Waals surface area contributed by atoms with Gasteiger partial charge in [0.1, 0.15) is 23.6 Å². The van der Waals surface area contributed by atoms with Crippen molar-refractivity contribution in [1.82, 2.24) is 0 Å². The van der Waals surface area contributed by atoms with Gasteiger partial charge in [0.05, 0.1) is 41.9 Å². The van der Waals surface area contributed by atoms with E-state index in [2.05, 4.69) is 20.8 Å².